The summed E-state index contributed by atoms with van der Waals surface area (Å²) >= 11 is 7.73. The molecule has 2 aliphatic carbocycles. The number of thiophene rings is 1. The number of carbonyl (C=O) groups excluding carboxylic acids is 1. The number of halogens is 1. The largest absolute Gasteiger partial charge is 0.349 e. The van der Waals surface area contributed by atoms with E-state index in [4.69, 9.17) is 11.6 Å². The highest BCUT2D eigenvalue weighted by molar-refractivity contribution is 7.12. The molecule has 1 aromatic carbocycles. The number of carbonyl (C=O) groups is 1. The molecule has 1 unspecified atom stereocenters. The van der Waals surface area contributed by atoms with Crippen LogP contribution in [0.2, 0.25) is 5.02 Å². The van der Waals surface area contributed by atoms with Crippen molar-refractivity contribution < 1.29 is 4.79 Å². The van der Waals surface area contributed by atoms with Crippen molar-refractivity contribution in [3.05, 3.63) is 55.7 Å². The summed E-state index contributed by atoms with van der Waals surface area (Å²) in [5.41, 5.74) is 3.79. The molecule has 0 aliphatic heterocycles. The molecule has 1 N–H and O–H groups in total. The summed E-state index contributed by atoms with van der Waals surface area (Å²) in [6, 6.07) is 8.28. The highest BCUT2D eigenvalue weighted by Gasteiger charge is 2.53. The zero-order valence-electron chi connectivity index (χ0n) is 15.7. The Kier molecular flexibility index (Phi) is 4.65. The third-order valence-electron chi connectivity index (χ3n) is 6.67. The predicted molar refractivity (Wildman–Crippen MR) is 109 cm³/mol. The summed E-state index contributed by atoms with van der Waals surface area (Å²) in [6.07, 6.45) is 5.80. The molecule has 1 atom stereocenters. The number of rotatable bonds is 4. The summed E-state index contributed by atoms with van der Waals surface area (Å²) in [5.74, 6) is 0.948. The molecule has 1 heterocycles. The average Bonchev–Trinajstić information content (AvgIpc) is 2.84. The number of hydrogen-bond acceptors (Lipinski definition) is 2. The molecule has 0 bridgehead atoms. The topological polar surface area (TPSA) is 29.1 Å². The van der Waals surface area contributed by atoms with Crippen molar-refractivity contribution in [2.24, 2.45) is 11.3 Å². The first-order valence-corrected chi connectivity index (χ1v) is 10.7. The van der Waals surface area contributed by atoms with Gasteiger partial charge in [0.1, 0.15) is 0 Å². The molecule has 2 aliphatic rings. The van der Waals surface area contributed by atoms with Crippen LogP contribution < -0.4 is 5.32 Å². The van der Waals surface area contributed by atoms with E-state index in [1.807, 2.05) is 24.3 Å². The molecule has 26 heavy (non-hydrogen) atoms. The zero-order valence-corrected chi connectivity index (χ0v) is 17.3. The summed E-state index contributed by atoms with van der Waals surface area (Å²) in [5, 5.41) is 4.06. The first kappa shape index (κ1) is 18.1. The molecule has 1 amide bonds. The van der Waals surface area contributed by atoms with Crippen molar-refractivity contribution in [1.82, 2.24) is 5.32 Å². The predicted octanol–water partition coefficient (Wildman–Crippen LogP) is 5.92. The quantitative estimate of drug-likeness (QED) is 0.693. The van der Waals surface area contributed by atoms with Gasteiger partial charge in [0.25, 0.3) is 5.91 Å². The van der Waals surface area contributed by atoms with E-state index < -0.39 is 0 Å². The van der Waals surface area contributed by atoms with Crippen molar-refractivity contribution in [3.8, 4) is 0 Å². The fraction of sp³-hybridized carbons (Fsp3) is 0.500. The van der Waals surface area contributed by atoms with Gasteiger partial charge in [-0.3, -0.25) is 4.79 Å². The van der Waals surface area contributed by atoms with Gasteiger partial charge in [-0.15, -0.1) is 11.3 Å². The summed E-state index contributed by atoms with van der Waals surface area (Å²) in [4.78, 5) is 15.4. The van der Waals surface area contributed by atoms with Gasteiger partial charge in [-0.05, 0) is 80.5 Å². The van der Waals surface area contributed by atoms with Crippen LogP contribution in [-0.2, 0) is 6.42 Å². The van der Waals surface area contributed by atoms with E-state index in [1.165, 1.54) is 28.8 Å². The van der Waals surface area contributed by atoms with Crippen LogP contribution in [0.25, 0.3) is 0 Å². The van der Waals surface area contributed by atoms with Gasteiger partial charge < -0.3 is 5.32 Å². The molecule has 1 aromatic heterocycles. The van der Waals surface area contributed by atoms with Gasteiger partial charge in [-0.2, -0.15) is 0 Å². The maximum absolute atomic E-state index is 13.0. The molecule has 4 heteroatoms. The summed E-state index contributed by atoms with van der Waals surface area (Å²) in [7, 11) is 0. The number of hydrogen-bond donors (Lipinski definition) is 1. The minimum atomic E-state index is 0.114. The van der Waals surface area contributed by atoms with Crippen LogP contribution in [0.4, 0.5) is 0 Å². The second-order valence-electron chi connectivity index (χ2n) is 8.25. The normalized spacial score (nSPS) is 27.1. The van der Waals surface area contributed by atoms with Gasteiger partial charge in [0.15, 0.2) is 0 Å². The SMILES string of the molecule is Cc1sc(C)c(C(=O)NC2CC3(CCC3C)C2)c1Cc1ccc(Cl)cc1. The number of nitrogens with one attached hydrogen (secondary N) is 1. The lowest BCUT2D eigenvalue weighted by Crippen LogP contribution is -2.57. The number of aryl methyl sites for hydroxylation is 2. The molecule has 2 aromatic rings. The van der Waals surface area contributed by atoms with Gasteiger partial charge in [0.2, 0.25) is 0 Å². The first-order chi connectivity index (χ1) is 12.4. The van der Waals surface area contributed by atoms with Gasteiger partial charge in [0.05, 0.1) is 5.56 Å². The molecule has 138 valence electrons. The third kappa shape index (κ3) is 3.10. The smallest absolute Gasteiger partial charge is 0.252 e. The summed E-state index contributed by atoms with van der Waals surface area (Å²) < 4.78 is 0. The van der Waals surface area contributed by atoms with Crippen LogP contribution in [0.1, 0.15) is 63.8 Å². The molecule has 2 saturated carbocycles. The maximum Gasteiger partial charge on any atom is 0.252 e. The van der Waals surface area contributed by atoms with Crippen LogP contribution >= 0.6 is 22.9 Å². The average molecular weight is 388 g/mol. The molecule has 0 saturated heterocycles. The Balaban J connectivity index is 1.49. The van der Waals surface area contributed by atoms with E-state index in [2.05, 4.69) is 26.1 Å². The lowest BCUT2D eigenvalue weighted by molar-refractivity contribution is -0.0599. The minimum absolute atomic E-state index is 0.114. The van der Waals surface area contributed by atoms with Crippen molar-refractivity contribution in [1.29, 1.82) is 0 Å². The van der Waals surface area contributed by atoms with Crippen molar-refractivity contribution in [2.45, 2.75) is 58.9 Å². The van der Waals surface area contributed by atoms with Gasteiger partial charge in [0, 0.05) is 20.8 Å². The van der Waals surface area contributed by atoms with Crippen LogP contribution in [0.5, 0.6) is 0 Å². The Labute approximate surface area is 165 Å². The maximum atomic E-state index is 13.0. The van der Waals surface area contributed by atoms with Crippen molar-refractivity contribution in [3.63, 3.8) is 0 Å². The number of amides is 1. The monoisotopic (exact) mass is 387 g/mol. The van der Waals surface area contributed by atoms with E-state index in [0.717, 1.165) is 40.6 Å². The van der Waals surface area contributed by atoms with E-state index in [-0.39, 0.29) is 5.91 Å². The Morgan fingerprint density at radius 3 is 2.50 bits per heavy atom. The highest BCUT2D eigenvalue weighted by atomic mass is 35.5. The fourth-order valence-corrected chi connectivity index (χ4v) is 5.98. The van der Waals surface area contributed by atoms with Gasteiger partial charge in [-0.1, -0.05) is 30.7 Å². The molecular weight excluding hydrogens is 362 g/mol. The third-order valence-corrected chi connectivity index (χ3v) is 7.98. The van der Waals surface area contributed by atoms with E-state index in [1.54, 1.807) is 11.3 Å². The fourth-order valence-electron chi connectivity index (χ4n) is 4.78. The molecule has 2 fully saturated rings. The Morgan fingerprint density at radius 1 is 1.23 bits per heavy atom. The lowest BCUT2D eigenvalue weighted by Gasteiger charge is -2.58. The summed E-state index contributed by atoms with van der Waals surface area (Å²) in [6.45, 7) is 6.54. The Hall–Kier alpha value is -1.32. The zero-order chi connectivity index (χ0) is 18.5. The van der Waals surface area contributed by atoms with Crippen LogP contribution in [-0.4, -0.2) is 11.9 Å². The number of benzene rings is 1. The van der Waals surface area contributed by atoms with Crippen LogP contribution in [0.3, 0.4) is 0 Å². The molecule has 4 rings (SSSR count). The lowest BCUT2D eigenvalue weighted by atomic mass is 9.49. The Bertz CT molecular complexity index is 833. The van der Waals surface area contributed by atoms with E-state index in [9.17, 15) is 4.79 Å². The van der Waals surface area contributed by atoms with E-state index in [0.29, 0.717) is 11.5 Å². The van der Waals surface area contributed by atoms with Crippen LogP contribution in [0, 0.1) is 25.2 Å². The second-order valence-corrected chi connectivity index (χ2v) is 10.1. The van der Waals surface area contributed by atoms with Gasteiger partial charge in [-0.25, -0.2) is 0 Å². The molecule has 0 radical (unpaired) electrons. The van der Waals surface area contributed by atoms with E-state index >= 15 is 0 Å². The first-order valence-electron chi connectivity index (χ1n) is 9.52. The Morgan fingerprint density at radius 2 is 1.92 bits per heavy atom. The molecular formula is C22H26ClNOS. The highest BCUT2D eigenvalue weighted by Crippen LogP contribution is 2.59. The minimum Gasteiger partial charge on any atom is -0.349 e. The van der Waals surface area contributed by atoms with Gasteiger partial charge >= 0.3 is 0 Å². The van der Waals surface area contributed by atoms with Crippen molar-refractivity contribution in [2.75, 3.05) is 0 Å². The van der Waals surface area contributed by atoms with Crippen LogP contribution in [0.15, 0.2) is 24.3 Å². The molecule has 1 spiro atoms. The van der Waals surface area contributed by atoms with Crippen molar-refractivity contribution >= 4 is 28.8 Å². The standard InChI is InChI=1S/C22H26ClNOS/c1-13-8-9-22(13)11-18(12-22)24-21(25)20-15(3)26-14(2)19(20)10-16-4-6-17(23)7-5-16/h4-7,13,18H,8-12H2,1-3H3,(H,24,25). The second kappa shape index (κ2) is 6.69. The molecule has 2 nitrogen and oxygen atoms in total.